The van der Waals surface area contributed by atoms with Crippen molar-refractivity contribution in [2.24, 2.45) is 4.99 Å². The molecule has 0 unspecified atom stereocenters. The topological polar surface area (TPSA) is 78.4 Å². The van der Waals surface area contributed by atoms with E-state index in [1.165, 1.54) is 0 Å². The predicted octanol–water partition coefficient (Wildman–Crippen LogP) is 0.377. The third kappa shape index (κ3) is 12.7. The van der Waals surface area contributed by atoms with E-state index in [1.807, 2.05) is 6.92 Å². The Balaban J connectivity index is 0.00000625. The molecule has 2 N–H and O–H groups in total. The molecule has 1 aliphatic rings. The number of morpholine rings is 1. The van der Waals surface area contributed by atoms with Crippen molar-refractivity contribution in [3.8, 4) is 0 Å². The maximum absolute atomic E-state index is 11.7. The van der Waals surface area contributed by atoms with Crippen LogP contribution >= 0.6 is 24.0 Å². The molecule has 1 fully saturated rings. The van der Waals surface area contributed by atoms with Crippen LogP contribution in [0.1, 0.15) is 19.8 Å². The first-order valence-electron chi connectivity index (χ1n) is 9.23. The molecule has 0 aromatic carbocycles. The van der Waals surface area contributed by atoms with Crippen LogP contribution in [0.15, 0.2) is 4.99 Å². The highest BCUT2D eigenvalue weighted by molar-refractivity contribution is 14.0. The molecule has 0 radical (unpaired) electrons. The Kier molecular flexibility index (Phi) is 16.1. The lowest BCUT2D eigenvalue weighted by Gasteiger charge is -2.26. The van der Waals surface area contributed by atoms with E-state index in [0.717, 1.165) is 72.0 Å². The fraction of sp³-hybridized carbons (Fsp3) is 0.882. The van der Waals surface area contributed by atoms with E-state index in [0.29, 0.717) is 5.96 Å². The largest absolute Gasteiger partial charge is 0.382 e. The van der Waals surface area contributed by atoms with Gasteiger partial charge >= 0.3 is 0 Å². The molecule has 0 spiro atoms. The fourth-order valence-electron chi connectivity index (χ4n) is 2.30. The number of rotatable bonds is 11. The molecule has 0 aromatic heterocycles. The standard InChI is InChI=1S/C17H35N5O3.HI/c1-4-24-12-6-5-7-18-17(20-15-16(23)21(2)3)19-8-9-22-10-13-25-14-11-22;/h4-15H2,1-3H3,(H2,18,19,20);1H. The minimum Gasteiger partial charge on any atom is -0.382 e. The highest BCUT2D eigenvalue weighted by atomic mass is 127. The van der Waals surface area contributed by atoms with Gasteiger partial charge in [-0.3, -0.25) is 9.69 Å². The maximum atomic E-state index is 11.7. The summed E-state index contributed by atoms with van der Waals surface area (Å²) in [4.78, 5) is 20.0. The number of amides is 1. The van der Waals surface area contributed by atoms with Crippen LogP contribution in [0.3, 0.4) is 0 Å². The summed E-state index contributed by atoms with van der Waals surface area (Å²) >= 11 is 0. The second-order valence-corrected chi connectivity index (χ2v) is 6.16. The predicted molar refractivity (Wildman–Crippen MR) is 115 cm³/mol. The van der Waals surface area contributed by atoms with Crippen molar-refractivity contribution < 1.29 is 14.3 Å². The SMILES string of the molecule is CCOCCCCNC(=NCC(=O)N(C)C)NCCN1CCOCC1.I. The number of ether oxygens (including phenoxy) is 2. The molecule has 0 atom stereocenters. The van der Waals surface area contributed by atoms with Crippen molar-refractivity contribution in [2.75, 3.05) is 79.8 Å². The Hall–Kier alpha value is -0.650. The Labute approximate surface area is 175 Å². The second kappa shape index (κ2) is 16.5. The molecule has 154 valence electrons. The van der Waals surface area contributed by atoms with Crippen LogP contribution < -0.4 is 10.6 Å². The number of unbranched alkanes of at least 4 members (excludes halogenated alkanes) is 1. The molecular weight excluding hydrogens is 449 g/mol. The second-order valence-electron chi connectivity index (χ2n) is 6.16. The summed E-state index contributed by atoms with van der Waals surface area (Å²) in [6, 6.07) is 0. The molecule has 1 rings (SSSR count). The van der Waals surface area contributed by atoms with Crippen LogP contribution in [-0.2, 0) is 14.3 Å². The van der Waals surface area contributed by atoms with E-state index in [-0.39, 0.29) is 36.4 Å². The molecule has 1 amide bonds. The summed E-state index contributed by atoms with van der Waals surface area (Å²) in [5.74, 6) is 0.686. The summed E-state index contributed by atoms with van der Waals surface area (Å²) in [5, 5.41) is 6.62. The van der Waals surface area contributed by atoms with Crippen molar-refractivity contribution in [3.05, 3.63) is 0 Å². The van der Waals surface area contributed by atoms with Crippen LogP contribution in [0.2, 0.25) is 0 Å². The van der Waals surface area contributed by atoms with Gasteiger partial charge in [-0.2, -0.15) is 0 Å². The van der Waals surface area contributed by atoms with E-state index in [1.54, 1.807) is 19.0 Å². The van der Waals surface area contributed by atoms with Gasteiger partial charge in [0.05, 0.1) is 13.2 Å². The van der Waals surface area contributed by atoms with Gasteiger partial charge in [-0.25, -0.2) is 4.99 Å². The minimum atomic E-state index is -0.00868. The lowest BCUT2D eigenvalue weighted by molar-refractivity contribution is -0.127. The summed E-state index contributed by atoms with van der Waals surface area (Å²) in [7, 11) is 3.48. The van der Waals surface area contributed by atoms with Crippen molar-refractivity contribution in [1.29, 1.82) is 0 Å². The van der Waals surface area contributed by atoms with E-state index < -0.39 is 0 Å². The lowest BCUT2D eigenvalue weighted by atomic mass is 10.3. The number of carbonyl (C=O) groups excluding carboxylic acids is 1. The van der Waals surface area contributed by atoms with Gasteiger partial charge in [0.1, 0.15) is 6.54 Å². The number of aliphatic imine (C=N–C) groups is 1. The lowest BCUT2D eigenvalue weighted by Crippen LogP contribution is -2.45. The number of likely N-dealkylation sites (N-methyl/N-ethyl adjacent to an activating group) is 1. The van der Waals surface area contributed by atoms with Gasteiger partial charge in [-0.15, -0.1) is 24.0 Å². The maximum Gasteiger partial charge on any atom is 0.243 e. The van der Waals surface area contributed by atoms with E-state index in [2.05, 4.69) is 20.5 Å². The third-order valence-corrected chi connectivity index (χ3v) is 3.91. The van der Waals surface area contributed by atoms with Crippen LogP contribution in [0.4, 0.5) is 0 Å². The van der Waals surface area contributed by atoms with Crippen molar-refractivity contribution in [2.45, 2.75) is 19.8 Å². The zero-order valence-corrected chi connectivity index (χ0v) is 18.8. The molecule has 8 nitrogen and oxygen atoms in total. The number of hydrogen-bond donors (Lipinski definition) is 2. The Morgan fingerprint density at radius 3 is 2.54 bits per heavy atom. The van der Waals surface area contributed by atoms with Crippen molar-refractivity contribution >= 4 is 35.8 Å². The van der Waals surface area contributed by atoms with Gasteiger partial charge in [0, 0.05) is 60.0 Å². The molecule has 9 heteroatoms. The van der Waals surface area contributed by atoms with Gasteiger partial charge in [0.15, 0.2) is 5.96 Å². The number of guanidine groups is 1. The Morgan fingerprint density at radius 2 is 1.88 bits per heavy atom. The van der Waals surface area contributed by atoms with Crippen LogP contribution in [-0.4, -0.2) is 101 Å². The third-order valence-electron chi connectivity index (χ3n) is 3.91. The molecule has 0 aliphatic carbocycles. The average Bonchev–Trinajstić information content (AvgIpc) is 2.62. The molecule has 26 heavy (non-hydrogen) atoms. The number of nitrogens with one attached hydrogen (secondary N) is 2. The summed E-state index contributed by atoms with van der Waals surface area (Å²) in [6.07, 6.45) is 2.02. The quantitative estimate of drug-likeness (QED) is 0.191. The summed E-state index contributed by atoms with van der Waals surface area (Å²) < 4.78 is 10.7. The zero-order valence-electron chi connectivity index (χ0n) is 16.5. The molecule has 0 bridgehead atoms. The first-order valence-corrected chi connectivity index (χ1v) is 9.23. The highest BCUT2D eigenvalue weighted by Crippen LogP contribution is 1.95. The molecule has 0 saturated carbocycles. The molecular formula is C17H36IN5O3. The van der Waals surface area contributed by atoms with Crippen molar-refractivity contribution in [1.82, 2.24) is 20.4 Å². The molecule has 1 aliphatic heterocycles. The number of carbonyl (C=O) groups is 1. The van der Waals surface area contributed by atoms with E-state index in [9.17, 15) is 4.79 Å². The first-order chi connectivity index (χ1) is 12.1. The van der Waals surface area contributed by atoms with E-state index >= 15 is 0 Å². The summed E-state index contributed by atoms with van der Waals surface area (Å²) in [5.41, 5.74) is 0. The molecule has 1 saturated heterocycles. The number of hydrogen-bond acceptors (Lipinski definition) is 5. The Morgan fingerprint density at radius 1 is 1.19 bits per heavy atom. The van der Waals surface area contributed by atoms with Gasteiger partial charge in [-0.1, -0.05) is 0 Å². The van der Waals surface area contributed by atoms with Crippen LogP contribution in [0, 0.1) is 0 Å². The van der Waals surface area contributed by atoms with Crippen molar-refractivity contribution in [3.63, 3.8) is 0 Å². The fourth-order valence-corrected chi connectivity index (χ4v) is 2.30. The van der Waals surface area contributed by atoms with E-state index in [4.69, 9.17) is 9.47 Å². The Bertz CT molecular complexity index is 391. The average molecular weight is 485 g/mol. The van der Waals surface area contributed by atoms with Crippen LogP contribution in [0.5, 0.6) is 0 Å². The first kappa shape index (κ1) is 25.4. The normalized spacial score (nSPS) is 15.3. The summed E-state index contributed by atoms with van der Waals surface area (Å²) in [6.45, 7) is 9.79. The van der Waals surface area contributed by atoms with Gasteiger partial charge in [0.2, 0.25) is 5.91 Å². The molecule has 0 aromatic rings. The van der Waals surface area contributed by atoms with Gasteiger partial charge in [0.25, 0.3) is 0 Å². The monoisotopic (exact) mass is 485 g/mol. The minimum absolute atomic E-state index is 0. The highest BCUT2D eigenvalue weighted by Gasteiger charge is 2.10. The number of halogens is 1. The smallest absolute Gasteiger partial charge is 0.243 e. The number of nitrogens with zero attached hydrogens (tertiary/aromatic N) is 3. The van der Waals surface area contributed by atoms with Crippen LogP contribution in [0.25, 0.3) is 0 Å². The van der Waals surface area contributed by atoms with Gasteiger partial charge < -0.3 is 25.0 Å². The zero-order chi connectivity index (χ0) is 18.3. The van der Waals surface area contributed by atoms with Gasteiger partial charge in [-0.05, 0) is 19.8 Å². The molecule has 1 heterocycles.